The second kappa shape index (κ2) is 5.43. The molecule has 2 rings (SSSR count). The van der Waals surface area contributed by atoms with Crippen molar-refractivity contribution in [3.05, 3.63) is 40.4 Å². The average Bonchev–Trinajstić information content (AvgIpc) is 2.76. The molecule has 2 N–H and O–H groups in total. The maximum absolute atomic E-state index is 5.57. The third kappa shape index (κ3) is 3.23. The largest absolute Gasteiger partial charge is 0.330 e. The van der Waals surface area contributed by atoms with E-state index in [4.69, 9.17) is 5.73 Å². The number of benzene rings is 1. The smallest absolute Gasteiger partial charge is 0.123 e. The number of aromatic nitrogens is 1. The lowest BCUT2D eigenvalue weighted by Crippen LogP contribution is -2.11. The summed E-state index contributed by atoms with van der Waals surface area (Å²) in [6, 6.07) is 6.69. The second-order valence-corrected chi connectivity index (χ2v) is 6.82. The van der Waals surface area contributed by atoms with Gasteiger partial charge >= 0.3 is 0 Å². The molecule has 3 heteroatoms. The molecule has 0 aliphatic carbocycles. The van der Waals surface area contributed by atoms with Crippen molar-refractivity contribution < 1.29 is 0 Å². The van der Waals surface area contributed by atoms with Gasteiger partial charge < -0.3 is 5.73 Å². The van der Waals surface area contributed by atoms with E-state index >= 15 is 0 Å². The van der Waals surface area contributed by atoms with E-state index in [-0.39, 0.29) is 5.41 Å². The minimum absolute atomic E-state index is 0.191. The summed E-state index contributed by atoms with van der Waals surface area (Å²) in [5, 5.41) is 3.21. The lowest BCUT2D eigenvalue weighted by atomic mass is 9.85. The van der Waals surface area contributed by atoms with Crippen LogP contribution < -0.4 is 5.73 Å². The van der Waals surface area contributed by atoms with Gasteiger partial charge in [0, 0.05) is 17.4 Å². The molecule has 19 heavy (non-hydrogen) atoms. The summed E-state index contributed by atoms with van der Waals surface area (Å²) in [5.74, 6) is 0. The van der Waals surface area contributed by atoms with Gasteiger partial charge in [0.05, 0.1) is 5.69 Å². The third-order valence-electron chi connectivity index (χ3n) is 3.28. The van der Waals surface area contributed by atoms with Crippen LogP contribution in [0.25, 0.3) is 10.6 Å². The van der Waals surface area contributed by atoms with E-state index in [1.54, 1.807) is 11.3 Å². The van der Waals surface area contributed by atoms with Gasteiger partial charge in [-0.25, -0.2) is 4.98 Å². The lowest BCUT2D eigenvalue weighted by Gasteiger charge is -2.20. The molecule has 1 aromatic heterocycles. The van der Waals surface area contributed by atoms with E-state index in [1.807, 2.05) is 0 Å². The molecule has 2 aromatic rings. The van der Waals surface area contributed by atoms with Crippen molar-refractivity contribution in [2.45, 2.75) is 39.5 Å². The minimum Gasteiger partial charge on any atom is -0.330 e. The van der Waals surface area contributed by atoms with Crippen LogP contribution in [0.3, 0.4) is 0 Å². The molecule has 0 aliphatic heterocycles. The van der Waals surface area contributed by atoms with Crippen molar-refractivity contribution in [3.63, 3.8) is 0 Å². The molecule has 0 aliphatic rings. The van der Waals surface area contributed by atoms with Crippen molar-refractivity contribution in [2.75, 3.05) is 6.54 Å². The van der Waals surface area contributed by atoms with E-state index in [2.05, 4.69) is 56.3 Å². The zero-order chi connectivity index (χ0) is 14.0. The molecule has 102 valence electrons. The van der Waals surface area contributed by atoms with Crippen molar-refractivity contribution in [2.24, 2.45) is 5.73 Å². The summed E-state index contributed by atoms with van der Waals surface area (Å²) < 4.78 is 0. The Morgan fingerprint density at radius 2 is 2.00 bits per heavy atom. The zero-order valence-corrected chi connectivity index (χ0v) is 13.0. The quantitative estimate of drug-likeness (QED) is 0.921. The Hall–Kier alpha value is -1.19. The first-order chi connectivity index (χ1) is 8.91. The van der Waals surface area contributed by atoms with Gasteiger partial charge in [-0.05, 0) is 30.0 Å². The van der Waals surface area contributed by atoms with Gasteiger partial charge in [-0.3, -0.25) is 0 Å². The summed E-state index contributed by atoms with van der Waals surface area (Å²) in [6.45, 7) is 9.54. The van der Waals surface area contributed by atoms with E-state index < -0.39 is 0 Å². The first kappa shape index (κ1) is 14.2. The molecule has 0 unspecified atom stereocenters. The topological polar surface area (TPSA) is 38.9 Å². The molecular formula is C16H22N2S. The van der Waals surface area contributed by atoms with E-state index in [9.17, 15) is 0 Å². The fraction of sp³-hybridized carbons (Fsp3) is 0.438. The van der Waals surface area contributed by atoms with Crippen LogP contribution in [0.1, 0.15) is 37.6 Å². The van der Waals surface area contributed by atoms with Gasteiger partial charge in [0.1, 0.15) is 5.01 Å². The fourth-order valence-corrected chi connectivity index (χ4v) is 3.01. The summed E-state index contributed by atoms with van der Waals surface area (Å²) in [4.78, 5) is 4.66. The van der Waals surface area contributed by atoms with E-state index in [1.165, 1.54) is 16.7 Å². The van der Waals surface area contributed by atoms with Gasteiger partial charge in [-0.2, -0.15) is 0 Å². The predicted octanol–water partition coefficient (Wildman–Crippen LogP) is 3.92. The molecule has 0 atom stereocenters. The highest BCUT2D eigenvalue weighted by Gasteiger charge is 2.15. The molecule has 0 fully saturated rings. The van der Waals surface area contributed by atoms with Crippen LogP contribution in [0.15, 0.2) is 23.6 Å². The predicted molar refractivity (Wildman–Crippen MR) is 83.7 cm³/mol. The van der Waals surface area contributed by atoms with Crippen LogP contribution in [0.5, 0.6) is 0 Å². The Kier molecular flexibility index (Phi) is 4.07. The Morgan fingerprint density at radius 1 is 1.26 bits per heavy atom. The highest BCUT2D eigenvalue weighted by atomic mass is 32.1. The Balaban J connectivity index is 2.35. The number of nitrogens with two attached hydrogens (primary N) is 1. The molecule has 0 bridgehead atoms. The molecular weight excluding hydrogens is 252 g/mol. The fourth-order valence-electron chi connectivity index (χ4n) is 2.06. The molecule has 2 nitrogen and oxygen atoms in total. The highest BCUT2D eigenvalue weighted by molar-refractivity contribution is 7.13. The molecule has 0 amide bonds. The maximum atomic E-state index is 5.57. The third-order valence-corrected chi connectivity index (χ3v) is 4.20. The van der Waals surface area contributed by atoms with E-state index in [0.717, 1.165) is 17.1 Å². The summed E-state index contributed by atoms with van der Waals surface area (Å²) >= 11 is 1.70. The van der Waals surface area contributed by atoms with Crippen molar-refractivity contribution in [1.29, 1.82) is 0 Å². The van der Waals surface area contributed by atoms with Crippen molar-refractivity contribution in [3.8, 4) is 10.6 Å². The number of thiazole rings is 1. The Labute approximate surface area is 119 Å². The minimum atomic E-state index is 0.191. The molecule has 0 saturated heterocycles. The molecule has 0 spiro atoms. The van der Waals surface area contributed by atoms with Crippen LogP contribution in [0.2, 0.25) is 0 Å². The van der Waals surface area contributed by atoms with Crippen LogP contribution >= 0.6 is 11.3 Å². The highest BCUT2D eigenvalue weighted by Crippen LogP contribution is 2.31. The summed E-state index contributed by atoms with van der Waals surface area (Å²) in [5.41, 5.74) is 10.8. The summed E-state index contributed by atoms with van der Waals surface area (Å²) in [6.07, 6.45) is 0.857. The molecule has 1 heterocycles. The van der Waals surface area contributed by atoms with Gasteiger partial charge in [0.25, 0.3) is 0 Å². The number of aryl methyl sites for hydroxylation is 1. The number of hydrogen-bond acceptors (Lipinski definition) is 3. The maximum Gasteiger partial charge on any atom is 0.123 e. The standard InChI is InChI=1S/C16H22N2S/c1-11-9-12(16(2,3)4)5-6-14(11)15-18-13(7-8-17)10-19-15/h5-6,9-10H,7-8,17H2,1-4H3. The first-order valence-electron chi connectivity index (χ1n) is 6.68. The van der Waals surface area contributed by atoms with Crippen LogP contribution in [-0.4, -0.2) is 11.5 Å². The summed E-state index contributed by atoms with van der Waals surface area (Å²) in [7, 11) is 0. The first-order valence-corrected chi connectivity index (χ1v) is 7.56. The SMILES string of the molecule is Cc1cc(C(C)(C)C)ccc1-c1nc(CCN)cs1. The average molecular weight is 274 g/mol. The van der Waals surface area contributed by atoms with Crippen molar-refractivity contribution >= 4 is 11.3 Å². The number of hydrogen-bond donors (Lipinski definition) is 1. The second-order valence-electron chi connectivity index (χ2n) is 5.96. The Bertz CT molecular complexity index is 564. The monoisotopic (exact) mass is 274 g/mol. The van der Waals surface area contributed by atoms with Crippen LogP contribution in [0.4, 0.5) is 0 Å². The van der Waals surface area contributed by atoms with Crippen LogP contribution in [0, 0.1) is 6.92 Å². The van der Waals surface area contributed by atoms with Gasteiger partial charge in [0.2, 0.25) is 0 Å². The van der Waals surface area contributed by atoms with E-state index in [0.29, 0.717) is 6.54 Å². The molecule has 1 aromatic carbocycles. The lowest BCUT2D eigenvalue weighted by molar-refractivity contribution is 0.590. The Morgan fingerprint density at radius 3 is 2.58 bits per heavy atom. The number of rotatable bonds is 3. The van der Waals surface area contributed by atoms with Gasteiger partial charge in [-0.15, -0.1) is 11.3 Å². The van der Waals surface area contributed by atoms with Crippen LogP contribution in [-0.2, 0) is 11.8 Å². The van der Waals surface area contributed by atoms with Crippen molar-refractivity contribution in [1.82, 2.24) is 4.98 Å². The normalized spacial score (nSPS) is 11.8. The molecule has 0 radical (unpaired) electrons. The molecule has 0 saturated carbocycles. The zero-order valence-electron chi connectivity index (χ0n) is 12.2. The van der Waals surface area contributed by atoms with Gasteiger partial charge in [0.15, 0.2) is 0 Å². The van der Waals surface area contributed by atoms with Gasteiger partial charge in [-0.1, -0.05) is 39.0 Å². The number of nitrogens with zero attached hydrogens (tertiary/aromatic N) is 1.